The van der Waals surface area contributed by atoms with Gasteiger partial charge in [0.15, 0.2) is 0 Å². The van der Waals surface area contributed by atoms with Crippen molar-refractivity contribution in [2.75, 3.05) is 6.61 Å². The largest absolute Gasteiger partial charge is 0.378 e. The summed E-state index contributed by atoms with van der Waals surface area (Å²) < 4.78 is 6.76. The summed E-state index contributed by atoms with van der Waals surface area (Å²) in [4.78, 5) is 0. The summed E-state index contributed by atoms with van der Waals surface area (Å²) >= 11 is 0. The summed E-state index contributed by atoms with van der Waals surface area (Å²) in [5.41, 5.74) is 4.50. The van der Waals surface area contributed by atoms with E-state index in [0.29, 0.717) is 33.2 Å². The molecular formula is C39H68O. The molecule has 0 heterocycles. The molecule has 5 aliphatic carbocycles. The van der Waals surface area contributed by atoms with Crippen molar-refractivity contribution in [1.82, 2.24) is 0 Å². The molecule has 0 bridgehead atoms. The molecule has 0 saturated heterocycles. The smallest absolute Gasteiger partial charge is 0.0629 e. The number of fused-ring (bicyclic) bond motifs is 7. The predicted molar refractivity (Wildman–Crippen MR) is 172 cm³/mol. The molecule has 5 aliphatic rings. The normalized spacial score (nSPS) is 45.5. The van der Waals surface area contributed by atoms with Gasteiger partial charge in [-0.1, -0.05) is 112 Å². The minimum Gasteiger partial charge on any atom is -0.378 e. The molecule has 4 fully saturated rings. The summed E-state index contributed by atoms with van der Waals surface area (Å²) in [6.45, 7) is 24.5. The van der Waals surface area contributed by atoms with Crippen LogP contribution in [0.4, 0.5) is 0 Å². The van der Waals surface area contributed by atoms with E-state index in [0.717, 1.165) is 24.4 Å². The summed E-state index contributed by atoms with van der Waals surface area (Å²) in [5.74, 6) is 2.41. The van der Waals surface area contributed by atoms with Gasteiger partial charge in [0.1, 0.15) is 0 Å². The van der Waals surface area contributed by atoms with E-state index in [1.807, 2.05) is 5.57 Å². The fourth-order valence-electron chi connectivity index (χ4n) is 12.1. The minimum atomic E-state index is 0.277. The number of unbranched alkanes of at least 4 members (excludes halogenated alkanes) is 6. The molecular weight excluding hydrogens is 484 g/mol. The van der Waals surface area contributed by atoms with E-state index in [9.17, 15) is 0 Å². The van der Waals surface area contributed by atoms with Crippen LogP contribution in [-0.4, -0.2) is 12.7 Å². The molecule has 0 aromatic rings. The summed E-state index contributed by atoms with van der Waals surface area (Å²) in [6, 6.07) is 0. The Morgan fingerprint density at radius 1 is 0.725 bits per heavy atom. The molecule has 0 radical (unpaired) electrons. The molecule has 1 heteroatoms. The number of hydrogen-bond donors (Lipinski definition) is 0. The molecule has 1 nitrogen and oxygen atoms in total. The van der Waals surface area contributed by atoms with Crippen molar-refractivity contribution in [3.8, 4) is 0 Å². The van der Waals surface area contributed by atoms with Crippen molar-refractivity contribution >= 4 is 0 Å². The van der Waals surface area contributed by atoms with Crippen LogP contribution in [0, 0.1) is 50.2 Å². The van der Waals surface area contributed by atoms with Gasteiger partial charge in [-0.15, -0.1) is 0 Å². The Morgan fingerprint density at radius 3 is 2.12 bits per heavy atom. The van der Waals surface area contributed by atoms with E-state index in [-0.39, 0.29) is 5.41 Å². The van der Waals surface area contributed by atoms with Crippen LogP contribution in [0.3, 0.4) is 0 Å². The minimum absolute atomic E-state index is 0.277. The number of rotatable bonds is 9. The molecule has 5 rings (SSSR count). The first-order valence-electron chi connectivity index (χ1n) is 18.1. The number of ether oxygens (including phenoxy) is 1. The highest BCUT2D eigenvalue weighted by atomic mass is 16.5. The summed E-state index contributed by atoms with van der Waals surface area (Å²) in [6.07, 6.45) is 26.8. The van der Waals surface area contributed by atoms with Gasteiger partial charge in [-0.2, -0.15) is 0 Å². The lowest BCUT2D eigenvalue weighted by atomic mass is 9.33. The molecule has 40 heavy (non-hydrogen) atoms. The van der Waals surface area contributed by atoms with Gasteiger partial charge in [-0.25, -0.2) is 0 Å². The first kappa shape index (κ1) is 31.1. The molecule has 0 spiro atoms. The van der Waals surface area contributed by atoms with Crippen molar-refractivity contribution < 1.29 is 4.74 Å². The van der Waals surface area contributed by atoms with E-state index in [1.165, 1.54) is 109 Å². The Kier molecular flexibility index (Phi) is 8.57. The second kappa shape index (κ2) is 11.0. The van der Waals surface area contributed by atoms with E-state index < -0.39 is 0 Å². The van der Waals surface area contributed by atoms with Crippen LogP contribution in [0.2, 0.25) is 0 Å². The summed E-state index contributed by atoms with van der Waals surface area (Å²) in [7, 11) is 0. The van der Waals surface area contributed by atoms with Crippen LogP contribution < -0.4 is 0 Å². The van der Waals surface area contributed by atoms with E-state index in [2.05, 4.69) is 68.4 Å². The van der Waals surface area contributed by atoms with Gasteiger partial charge in [0.25, 0.3) is 0 Å². The van der Waals surface area contributed by atoms with Gasteiger partial charge >= 0.3 is 0 Å². The zero-order valence-corrected chi connectivity index (χ0v) is 28.5. The lowest BCUT2D eigenvalue weighted by molar-refractivity contribution is -0.211. The van der Waals surface area contributed by atoms with Crippen molar-refractivity contribution in [2.45, 2.75) is 178 Å². The first-order valence-corrected chi connectivity index (χ1v) is 18.1. The van der Waals surface area contributed by atoms with Crippen LogP contribution in [0.25, 0.3) is 0 Å². The van der Waals surface area contributed by atoms with Crippen LogP contribution in [0.5, 0.6) is 0 Å². The fourth-order valence-corrected chi connectivity index (χ4v) is 12.1. The first-order chi connectivity index (χ1) is 18.7. The highest BCUT2D eigenvalue weighted by Crippen LogP contribution is 2.75. The quantitative estimate of drug-likeness (QED) is 0.204. The van der Waals surface area contributed by atoms with Gasteiger partial charge in [-0.3, -0.25) is 0 Å². The molecule has 0 aliphatic heterocycles. The van der Waals surface area contributed by atoms with Gasteiger partial charge in [-0.05, 0) is 121 Å². The Balaban J connectivity index is 1.30. The molecule has 0 amide bonds. The van der Waals surface area contributed by atoms with Crippen LogP contribution in [-0.2, 0) is 4.74 Å². The lowest BCUT2D eigenvalue weighted by Crippen LogP contribution is -2.64. The van der Waals surface area contributed by atoms with Crippen molar-refractivity contribution in [3.05, 3.63) is 11.6 Å². The van der Waals surface area contributed by atoms with Crippen molar-refractivity contribution in [1.29, 1.82) is 0 Å². The maximum absolute atomic E-state index is 6.76. The SMILES string of the molecule is CCCCCCCCCOC1CCC2(C)C(CCC3(C)C2CC=C2C4CC(C)(C)CCC4(C)CCC23C)C1(C)C. The maximum Gasteiger partial charge on any atom is 0.0629 e. The molecule has 0 aromatic heterocycles. The molecule has 230 valence electrons. The molecule has 4 saturated carbocycles. The average Bonchev–Trinajstić information content (AvgIpc) is 2.88. The number of hydrogen-bond acceptors (Lipinski definition) is 1. The van der Waals surface area contributed by atoms with Crippen LogP contribution >= 0.6 is 0 Å². The van der Waals surface area contributed by atoms with Gasteiger partial charge < -0.3 is 4.74 Å². The Morgan fingerprint density at radius 2 is 1.40 bits per heavy atom. The third-order valence-electron chi connectivity index (χ3n) is 15.1. The van der Waals surface area contributed by atoms with Crippen molar-refractivity contribution in [2.24, 2.45) is 50.2 Å². The monoisotopic (exact) mass is 553 g/mol. The topological polar surface area (TPSA) is 9.23 Å². The van der Waals surface area contributed by atoms with Crippen LogP contribution in [0.1, 0.15) is 171 Å². The maximum atomic E-state index is 6.76. The van der Waals surface area contributed by atoms with E-state index in [1.54, 1.807) is 0 Å². The fraction of sp³-hybridized carbons (Fsp3) is 0.949. The predicted octanol–water partition coefficient (Wildman–Crippen LogP) is 11.9. The third-order valence-corrected chi connectivity index (χ3v) is 15.1. The van der Waals surface area contributed by atoms with Gasteiger partial charge in [0.05, 0.1) is 6.10 Å². The molecule has 8 atom stereocenters. The summed E-state index contributed by atoms with van der Waals surface area (Å²) in [5, 5.41) is 0. The molecule has 0 N–H and O–H groups in total. The average molecular weight is 553 g/mol. The lowest BCUT2D eigenvalue weighted by Gasteiger charge is -2.71. The van der Waals surface area contributed by atoms with Crippen LogP contribution in [0.15, 0.2) is 11.6 Å². The van der Waals surface area contributed by atoms with Crippen molar-refractivity contribution in [3.63, 3.8) is 0 Å². The Hall–Kier alpha value is -0.300. The highest BCUT2D eigenvalue weighted by Gasteiger charge is 2.67. The van der Waals surface area contributed by atoms with Gasteiger partial charge in [0, 0.05) is 6.61 Å². The molecule has 8 unspecified atom stereocenters. The second-order valence-electron chi connectivity index (χ2n) is 18.2. The highest BCUT2D eigenvalue weighted by molar-refractivity contribution is 5.33. The Bertz CT molecular complexity index is 927. The molecule has 0 aromatic carbocycles. The van der Waals surface area contributed by atoms with E-state index in [4.69, 9.17) is 4.74 Å². The zero-order valence-electron chi connectivity index (χ0n) is 28.5. The number of allylic oxidation sites excluding steroid dienone is 2. The van der Waals surface area contributed by atoms with Gasteiger partial charge in [0.2, 0.25) is 0 Å². The second-order valence-corrected chi connectivity index (χ2v) is 18.2. The standard InChI is InChI=1S/C39H68O/c1-10-11-12-13-14-15-16-27-40-33-20-21-37(7)31(35(33,4)5)19-22-39(9)32(37)18-17-29-30-28-34(2,3)23-24-36(30,6)25-26-38(29,39)8/h17,30-33H,10-16,18-28H2,1-9H3. The Labute approximate surface area is 250 Å². The third kappa shape index (κ3) is 5.01. The van der Waals surface area contributed by atoms with E-state index >= 15 is 0 Å². The zero-order chi connectivity index (χ0) is 29.0.